The summed E-state index contributed by atoms with van der Waals surface area (Å²) in [6.07, 6.45) is 0. The van der Waals surface area contributed by atoms with Crippen LogP contribution in [0.15, 0.2) is 72.1 Å². The molecule has 27 heavy (non-hydrogen) atoms. The highest BCUT2D eigenvalue weighted by molar-refractivity contribution is 7.14. The van der Waals surface area contributed by atoms with E-state index in [4.69, 9.17) is 0 Å². The van der Waals surface area contributed by atoms with Crippen LogP contribution in [0.5, 0.6) is 0 Å². The smallest absolute Gasteiger partial charge is 0.268 e. The van der Waals surface area contributed by atoms with Gasteiger partial charge in [0.1, 0.15) is 5.00 Å². The Hall–Kier alpha value is -2.96. The van der Waals surface area contributed by atoms with Crippen LogP contribution in [0.2, 0.25) is 0 Å². The first-order valence-corrected chi connectivity index (χ1v) is 9.41. The Balaban J connectivity index is 1.89. The third kappa shape index (κ3) is 4.61. The summed E-state index contributed by atoms with van der Waals surface area (Å²) in [6.45, 7) is 0. The molecule has 0 aliphatic rings. The van der Waals surface area contributed by atoms with E-state index in [0.29, 0.717) is 10.6 Å². The molecule has 0 saturated carbocycles. The zero-order chi connectivity index (χ0) is 19.2. The number of amides is 2. The fraction of sp³-hybridized carbons (Fsp3) is 0.143. The molecule has 6 heteroatoms. The lowest BCUT2D eigenvalue weighted by Crippen LogP contribution is -2.36. The molecule has 2 aromatic carbocycles. The van der Waals surface area contributed by atoms with Crippen LogP contribution in [0, 0.1) is 0 Å². The average Bonchev–Trinajstić information content (AvgIpc) is 3.11. The standard InChI is InChI=1S/C21H21N3O2S/c1-24(2)23-19(25)17-13-14-27-21(17)22-20(26)18(15-9-5-3-6-10-15)16-11-7-4-8-12-16/h3-14,18H,1-2H3,(H,22,26)(H,23,25). The summed E-state index contributed by atoms with van der Waals surface area (Å²) in [6, 6.07) is 21.0. The van der Waals surface area contributed by atoms with Crippen molar-refractivity contribution in [2.75, 3.05) is 19.4 Å². The summed E-state index contributed by atoms with van der Waals surface area (Å²) in [4.78, 5) is 25.5. The van der Waals surface area contributed by atoms with Gasteiger partial charge in [-0.05, 0) is 22.6 Å². The Morgan fingerprint density at radius 1 is 0.889 bits per heavy atom. The van der Waals surface area contributed by atoms with Gasteiger partial charge in [0.05, 0.1) is 11.5 Å². The number of nitrogens with zero attached hydrogens (tertiary/aromatic N) is 1. The van der Waals surface area contributed by atoms with Crippen LogP contribution in [-0.4, -0.2) is 30.9 Å². The summed E-state index contributed by atoms with van der Waals surface area (Å²) >= 11 is 1.33. The number of nitrogens with one attached hydrogen (secondary N) is 2. The Labute approximate surface area is 162 Å². The molecule has 0 atom stereocenters. The zero-order valence-electron chi connectivity index (χ0n) is 15.2. The minimum absolute atomic E-state index is 0.172. The Kier molecular flexibility index (Phi) is 6.01. The van der Waals surface area contributed by atoms with Crippen molar-refractivity contribution in [2.45, 2.75) is 5.92 Å². The number of carbonyl (C=O) groups is 2. The fourth-order valence-electron chi connectivity index (χ4n) is 2.82. The molecule has 0 fully saturated rings. The van der Waals surface area contributed by atoms with Gasteiger partial charge in [-0.3, -0.25) is 15.0 Å². The maximum Gasteiger partial charge on any atom is 0.268 e. The molecule has 1 aromatic heterocycles. The highest BCUT2D eigenvalue weighted by atomic mass is 32.1. The molecule has 0 unspecified atom stereocenters. The molecule has 2 amide bonds. The van der Waals surface area contributed by atoms with E-state index in [1.54, 1.807) is 30.6 Å². The van der Waals surface area contributed by atoms with Crippen molar-refractivity contribution in [3.8, 4) is 0 Å². The Morgan fingerprint density at radius 3 is 1.96 bits per heavy atom. The van der Waals surface area contributed by atoms with Gasteiger partial charge in [-0.25, -0.2) is 5.01 Å². The summed E-state index contributed by atoms with van der Waals surface area (Å²) in [5.41, 5.74) is 4.95. The second kappa shape index (κ2) is 8.62. The second-order valence-corrected chi connectivity index (χ2v) is 7.16. The van der Waals surface area contributed by atoms with E-state index < -0.39 is 5.92 Å². The number of hydrazine groups is 1. The molecule has 138 valence electrons. The van der Waals surface area contributed by atoms with Crippen LogP contribution in [0.4, 0.5) is 5.00 Å². The zero-order valence-corrected chi connectivity index (χ0v) is 16.0. The lowest BCUT2D eigenvalue weighted by atomic mass is 9.90. The van der Waals surface area contributed by atoms with E-state index in [1.165, 1.54) is 11.3 Å². The number of hydrogen-bond acceptors (Lipinski definition) is 4. The molecule has 0 bridgehead atoms. The number of carbonyl (C=O) groups excluding carboxylic acids is 2. The first-order chi connectivity index (χ1) is 13.1. The van der Waals surface area contributed by atoms with Gasteiger partial charge in [0.25, 0.3) is 5.91 Å². The van der Waals surface area contributed by atoms with E-state index in [1.807, 2.05) is 60.7 Å². The maximum atomic E-state index is 13.2. The first kappa shape index (κ1) is 18.8. The van der Waals surface area contributed by atoms with Crippen molar-refractivity contribution in [3.63, 3.8) is 0 Å². The molecule has 2 N–H and O–H groups in total. The number of anilines is 1. The predicted molar refractivity (Wildman–Crippen MR) is 109 cm³/mol. The van der Waals surface area contributed by atoms with E-state index in [9.17, 15) is 9.59 Å². The van der Waals surface area contributed by atoms with Gasteiger partial charge in [0.15, 0.2) is 0 Å². The molecule has 3 aromatic rings. The van der Waals surface area contributed by atoms with Gasteiger partial charge in [-0.2, -0.15) is 0 Å². The lowest BCUT2D eigenvalue weighted by molar-refractivity contribution is -0.116. The van der Waals surface area contributed by atoms with Gasteiger partial charge in [0.2, 0.25) is 5.91 Å². The fourth-order valence-corrected chi connectivity index (χ4v) is 3.61. The van der Waals surface area contributed by atoms with Gasteiger partial charge in [-0.15, -0.1) is 11.3 Å². The number of rotatable bonds is 6. The first-order valence-electron chi connectivity index (χ1n) is 8.53. The molecule has 3 rings (SSSR count). The topological polar surface area (TPSA) is 61.4 Å². The number of thiophene rings is 1. The van der Waals surface area contributed by atoms with Crippen molar-refractivity contribution in [3.05, 3.63) is 88.8 Å². The predicted octanol–water partition coefficient (Wildman–Crippen LogP) is 3.73. The molecule has 0 radical (unpaired) electrons. The Morgan fingerprint density at radius 2 is 1.44 bits per heavy atom. The van der Waals surface area contributed by atoms with Crippen LogP contribution in [0.1, 0.15) is 27.4 Å². The van der Waals surface area contributed by atoms with Crippen molar-refractivity contribution in [1.82, 2.24) is 10.4 Å². The summed E-state index contributed by atoms with van der Waals surface area (Å²) < 4.78 is 0. The quantitative estimate of drug-likeness (QED) is 0.642. The minimum atomic E-state index is -0.459. The van der Waals surface area contributed by atoms with Crippen molar-refractivity contribution < 1.29 is 9.59 Å². The molecule has 0 aliphatic heterocycles. The minimum Gasteiger partial charge on any atom is -0.316 e. The molecule has 5 nitrogen and oxygen atoms in total. The number of hydrogen-bond donors (Lipinski definition) is 2. The van der Waals surface area contributed by atoms with Crippen LogP contribution in [0.3, 0.4) is 0 Å². The van der Waals surface area contributed by atoms with Crippen molar-refractivity contribution in [1.29, 1.82) is 0 Å². The van der Waals surface area contributed by atoms with Gasteiger partial charge in [-0.1, -0.05) is 60.7 Å². The van der Waals surface area contributed by atoms with Crippen molar-refractivity contribution >= 4 is 28.2 Å². The van der Waals surface area contributed by atoms with Crippen LogP contribution in [-0.2, 0) is 4.79 Å². The van der Waals surface area contributed by atoms with Crippen LogP contribution < -0.4 is 10.7 Å². The molecular formula is C21H21N3O2S. The highest BCUT2D eigenvalue weighted by Crippen LogP contribution is 2.29. The third-order valence-electron chi connectivity index (χ3n) is 4.00. The second-order valence-electron chi connectivity index (χ2n) is 6.24. The lowest BCUT2D eigenvalue weighted by Gasteiger charge is -2.18. The van der Waals surface area contributed by atoms with Crippen LogP contribution in [0.25, 0.3) is 0 Å². The van der Waals surface area contributed by atoms with Crippen LogP contribution >= 0.6 is 11.3 Å². The van der Waals surface area contributed by atoms with E-state index in [-0.39, 0.29) is 11.8 Å². The van der Waals surface area contributed by atoms with E-state index in [0.717, 1.165) is 11.1 Å². The maximum absolute atomic E-state index is 13.2. The van der Waals surface area contributed by atoms with E-state index >= 15 is 0 Å². The van der Waals surface area contributed by atoms with E-state index in [2.05, 4.69) is 10.7 Å². The van der Waals surface area contributed by atoms with Gasteiger partial charge in [0, 0.05) is 14.1 Å². The molecule has 1 heterocycles. The molecule has 0 spiro atoms. The summed E-state index contributed by atoms with van der Waals surface area (Å²) in [5, 5.41) is 6.84. The van der Waals surface area contributed by atoms with Crippen molar-refractivity contribution in [2.24, 2.45) is 0 Å². The third-order valence-corrected chi connectivity index (χ3v) is 4.83. The summed E-state index contributed by atoms with van der Waals surface area (Å²) in [7, 11) is 3.48. The average molecular weight is 379 g/mol. The largest absolute Gasteiger partial charge is 0.316 e. The van der Waals surface area contributed by atoms with Gasteiger partial charge >= 0.3 is 0 Å². The number of benzene rings is 2. The van der Waals surface area contributed by atoms with Gasteiger partial charge < -0.3 is 5.32 Å². The molecule has 0 aliphatic carbocycles. The highest BCUT2D eigenvalue weighted by Gasteiger charge is 2.24. The summed E-state index contributed by atoms with van der Waals surface area (Å²) in [5.74, 6) is -0.888. The molecular weight excluding hydrogens is 358 g/mol. The Bertz CT molecular complexity index is 868. The monoisotopic (exact) mass is 379 g/mol. The SMILES string of the molecule is CN(C)NC(=O)c1ccsc1NC(=O)C(c1ccccc1)c1ccccc1. The normalized spacial score (nSPS) is 10.8. The molecule has 0 saturated heterocycles.